The average Bonchev–Trinajstić information content (AvgIpc) is 2.56. The van der Waals surface area contributed by atoms with Gasteiger partial charge in [-0.3, -0.25) is 14.5 Å². The van der Waals surface area contributed by atoms with Crippen molar-refractivity contribution in [3.05, 3.63) is 59.4 Å². The molecule has 2 aromatic rings. The Balaban J connectivity index is 1.88. The first-order valence-electron chi connectivity index (χ1n) is 7.67. The maximum atomic E-state index is 13.1. The van der Waals surface area contributed by atoms with Gasteiger partial charge in [0.1, 0.15) is 5.82 Å². The highest BCUT2D eigenvalue weighted by molar-refractivity contribution is 6.30. The van der Waals surface area contributed by atoms with Crippen molar-refractivity contribution in [2.45, 2.75) is 13.0 Å². The van der Waals surface area contributed by atoms with E-state index < -0.39 is 11.9 Å². The molecule has 2 amide bonds. The highest BCUT2D eigenvalue weighted by Gasteiger charge is 2.20. The second-order valence-electron chi connectivity index (χ2n) is 5.65. The number of carbonyl (C=O) groups excluding carboxylic acids is 2. The molecular formula is C18H19ClFN3O2. The zero-order valence-electron chi connectivity index (χ0n) is 13.9. The van der Waals surface area contributed by atoms with Crippen LogP contribution in [0.3, 0.4) is 0 Å². The summed E-state index contributed by atoms with van der Waals surface area (Å²) in [6, 6.07) is 11.9. The van der Waals surface area contributed by atoms with Crippen LogP contribution in [0.15, 0.2) is 48.5 Å². The predicted molar refractivity (Wildman–Crippen MR) is 97.2 cm³/mol. The van der Waals surface area contributed by atoms with Crippen molar-refractivity contribution in [1.82, 2.24) is 4.90 Å². The van der Waals surface area contributed by atoms with E-state index in [2.05, 4.69) is 10.6 Å². The fourth-order valence-electron chi connectivity index (χ4n) is 2.11. The fourth-order valence-corrected chi connectivity index (χ4v) is 2.24. The number of likely N-dealkylation sites (N-methyl/N-ethyl adjacent to an activating group) is 1. The molecule has 0 fully saturated rings. The number of hydrogen-bond donors (Lipinski definition) is 2. The molecule has 0 radical (unpaired) electrons. The van der Waals surface area contributed by atoms with Gasteiger partial charge in [0.25, 0.3) is 0 Å². The molecule has 0 aromatic heterocycles. The van der Waals surface area contributed by atoms with Crippen LogP contribution in [0, 0.1) is 5.82 Å². The lowest BCUT2D eigenvalue weighted by Crippen LogP contribution is -2.43. The number of nitrogens with one attached hydrogen (secondary N) is 2. The zero-order chi connectivity index (χ0) is 18.4. The first-order valence-corrected chi connectivity index (χ1v) is 8.05. The van der Waals surface area contributed by atoms with Gasteiger partial charge in [-0.15, -0.1) is 0 Å². The lowest BCUT2D eigenvalue weighted by atomic mass is 10.2. The molecule has 2 rings (SSSR count). The van der Waals surface area contributed by atoms with E-state index in [4.69, 9.17) is 11.6 Å². The predicted octanol–water partition coefficient (Wildman–Crippen LogP) is 3.38. The largest absolute Gasteiger partial charge is 0.325 e. The van der Waals surface area contributed by atoms with E-state index in [1.54, 1.807) is 49.2 Å². The molecule has 5 nitrogen and oxygen atoms in total. The molecule has 2 N–H and O–H groups in total. The third-order valence-electron chi connectivity index (χ3n) is 3.65. The molecule has 0 saturated carbocycles. The van der Waals surface area contributed by atoms with Crippen molar-refractivity contribution in [1.29, 1.82) is 0 Å². The number of nitrogens with zero attached hydrogens (tertiary/aromatic N) is 1. The lowest BCUT2D eigenvalue weighted by Gasteiger charge is -2.23. The molecule has 0 spiro atoms. The number of halogens is 2. The van der Waals surface area contributed by atoms with Crippen LogP contribution < -0.4 is 10.6 Å². The minimum absolute atomic E-state index is 0.00822. The van der Waals surface area contributed by atoms with Crippen molar-refractivity contribution in [2.75, 3.05) is 24.2 Å². The molecule has 2 aromatic carbocycles. The molecule has 0 heterocycles. The summed E-state index contributed by atoms with van der Waals surface area (Å²) in [5.41, 5.74) is 0.996. The summed E-state index contributed by atoms with van der Waals surface area (Å²) in [5.74, 6) is -1.01. The summed E-state index contributed by atoms with van der Waals surface area (Å²) in [6.45, 7) is 1.69. The molecular weight excluding hydrogens is 345 g/mol. The molecule has 0 unspecified atom stereocenters. The first kappa shape index (κ1) is 18.9. The van der Waals surface area contributed by atoms with Crippen molar-refractivity contribution >= 4 is 34.8 Å². The van der Waals surface area contributed by atoms with Crippen LogP contribution in [0.5, 0.6) is 0 Å². The summed E-state index contributed by atoms with van der Waals surface area (Å²) in [5, 5.41) is 5.94. The van der Waals surface area contributed by atoms with Crippen LogP contribution in [0.2, 0.25) is 5.02 Å². The highest BCUT2D eigenvalue weighted by Crippen LogP contribution is 2.14. The van der Waals surface area contributed by atoms with Gasteiger partial charge in [0, 0.05) is 16.4 Å². The Hall–Kier alpha value is -2.44. The summed E-state index contributed by atoms with van der Waals surface area (Å²) in [6.07, 6.45) is 0. The van der Waals surface area contributed by atoms with E-state index in [0.29, 0.717) is 16.4 Å². The molecule has 0 aliphatic heterocycles. The van der Waals surface area contributed by atoms with Gasteiger partial charge < -0.3 is 10.6 Å². The Morgan fingerprint density at radius 3 is 2.44 bits per heavy atom. The van der Waals surface area contributed by atoms with Crippen LogP contribution in [0.1, 0.15) is 6.92 Å². The van der Waals surface area contributed by atoms with Crippen LogP contribution >= 0.6 is 11.6 Å². The minimum atomic E-state index is -0.533. The van der Waals surface area contributed by atoms with Gasteiger partial charge in [0.15, 0.2) is 0 Å². The zero-order valence-corrected chi connectivity index (χ0v) is 14.7. The third kappa shape index (κ3) is 5.85. The van der Waals surface area contributed by atoms with Gasteiger partial charge in [-0.1, -0.05) is 17.7 Å². The highest BCUT2D eigenvalue weighted by atomic mass is 35.5. The van der Waals surface area contributed by atoms with Crippen molar-refractivity contribution < 1.29 is 14.0 Å². The molecule has 0 bridgehead atoms. The van der Waals surface area contributed by atoms with E-state index >= 15 is 0 Å². The summed E-state index contributed by atoms with van der Waals surface area (Å²) >= 11 is 5.81. The van der Waals surface area contributed by atoms with E-state index in [0.717, 1.165) is 0 Å². The van der Waals surface area contributed by atoms with Gasteiger partial charge in [0.2, 0.25) is 11.8 Å². The van der Waals surface area contributed by atoms with Crippen molar-refractivity contribution in [3.8, 4) is 0 Å². The van der Waals surface area contributed by atoms with Crippen LogP contribution in [-0.2, 0) is 9.59 Å². The van der Waals surface area contributed by atoms with Crippen LogP contribution in [0.25, 0.3) is 0 Å². The van der Waals surface area contributed by atoms with Gasteiger partial charge in [-0.05, 0) is 56.4 Å². The standard InChI is InChI=1S/C18H19ClFN3O2/c1-12(18(25)22-15-8-6-13(19)7-9-15)23(2)11-17(24)21-16-5-3-4-14(20)10-16/h3-10,12H,11H2,1-2H3,(H,21,24)(H,22,25)/t12-/m1/s1. The Morgan fingerprint density at radius 1 is 1.12 bits per heavy atom. The van der Waals surface area contributed by atoms with Gasteiger partial charge in [-0.25, -0.2) is 4.39 Å². The third-order valence-corrected chi connectivity index (χ3v) is 3.91. The maximum Gasteiger partial charge on any atom is 0.241 e. The minimum Gasteiger partial charge on any atom is -0.325 e. The van der Waals surface area contributed by atoms with E-state index in [1.807, 2.05) is 0 Å². The van der Waals surface area contributed by atoms with Crippen LogP contribution in [-0.4, -0.2) is 36.3 Å². The Morgan fingerprint density at radius 2 is 1.80 bits per heavy atom. The van der Waals surface area contributed by atoms with E-state index in [-0.39, 0.29) is 18.4 Å². The normalized spacial score (nSPS) is 11.9. The van der Waals surface area contributed by atoms with Crippen molar-refractivity contribution in [3.63, 3.8) is 0 Å². The Bertz CT molecular complexity index is 752. The summed E-state index contributed by atoms with van der Waals surface area (Å²) in [7, 11) is 1.66. The summed E-state index contributed by atoms with van der Waals surface area (Å²) < 4.78 is 13.1. The van der Waals surface area contributed by atoms with Gasteiger partial charge >= 0.3 is 0 Å². The molecule has 0 aliphatic carbocycles. The monoisotopic (exact) mass is 363 g/mol. The van der Waals surface area contributed by atoms with Gasteiger partial charge in [-0.2, -0.15) is 0 Å². The molecule has 132 valence electrons. The molecule has 25 heavy (non-hydrogen) atoms. The Kier molecular flexibility index (Phi) is 6.50. The van der Waals surface area contributed by atoms with Crippen molar-refractivity contribution in [2.24, 2.45) is 0 Å². The topological polar surface area (TPSA) is 61.4 Å². The number of hydrogen-bond acceptors (Lipinski definition) is 3. The van der Waals surface area contributed by atoms with Crippen LogP contribution in [0.4, 0.5) is 15.8 Å². The maximum absolute atomic E-state index is 13.1. The summed E-state index contributed by atoms with van der Waals surface area (Å²) in [4.78, 5) is 25.9. The second-order valence-corrected chi connectivity index (χ2v) is 6.08. The lowest BCUT2D eigenvalue weighted by molar-refractivity contribution is -0.122. The smallest absolute Gasteiger partial charge is 0.241 e. The number of amides is 2. The molecule has 1 atom stereocenters. The first-order chi connectivity index (χ1) is 11.8. The van der Waals surface area contributed by atoms with Gasteiger partial charge in [0.05, 0.1) is 12.6 Å². The Labute approximate surface area is 150 Å². The SMILES string of the molecule is C[C@H](C(=O)Nc1ccc(Cl)cc1)N(C)CC(=O)Nc1cccc(F)c1. The number of anilines is 2. The molecule has 0 aliphatic rings. The molecule has 0 saturated heterocycles. The second kappa shape index (κ2) is 8.60. The van der Waals surface area contributed by atoms with E-state index in [9.17, 15) is 14.0 Å². The quantitative estimate of drug-likeness (QED) is 0.827. The number of carbonyl (C=O) groups is 2. The van der Waals surface area contributed by atoms with E-state index in [1.165, 1.54) is 18.2 Å². The molecule has 7 heteroatoms. The fraction of sp³-hybridized carbons (Fsp3) is 0.222. The number of rotatable bonds is 6. The number of benzene rings is 2. The average molecular weight is 364 g/mol.